The van der Waals surface area contributed by atoms with Crippen LogP contribution in [-0.4, -0.2) is 25.4 Å². The fraction of sp³-hybridized carbons (Fsp3) is 0.364. The molecule has 15 heavy (non-hydrogen) atoms. The molecule has 0 aliphatic rings. The Hall–Kier alpha value is -1.00. The Morgan fingerprint density at radius 1 is 1.40 bits per heavy atom. The first-order chi connectivity index (χ1) is 7.17. The highest BCUT2D eigenvalue weighted by Gasteiger charge is 2.10. The molecule has 1 aromatic carbocycles. The fourth-order valence-electron chi connectivity index (χ4n) is 1.03. The average molecular weight is 225 g/mol. The SMILES string of the molecule is COC(C)C(=O)Nc1ccc(SC)cc1. The Bertz CT molecular complexity index is 324. The normalized spacial score (nSPS) is 12.2. The van der Waals surface area contributed by atoms with Crippen LogP contribution in [0.3, 0.4) is 0 Å². The van der Waals surface area contributed by atoms with E-state index in [-0.39, 0.29) is 5.91 Å². The van der Waals surface area contributed by atoms with Crippen molar-refractivity contribution >= 4 is 23.4 Å². The zero-order valence-corrected chi connectivity index (χ0v) is 9.93. The molecule has 0 heterocycles. The van der Waals surface area contributed by atoms with Crippen molar-refractivity contribution in [2.45, 2.75) is 17.9 Å². The molecular weight excluding hydrogens is 210 g/mol. The predicted octanol–water partition coefficient (Wildman–Crippen LogP) is 2.38. The molecule has 1 atom stereocenters. The number of rotatable bonds is 4. The summed E-state index contributed by atoms with van der Waals surface area (Å²) in [4.78, 5) is 12.6. The van der Waals surface area contributed by atoms with Crippen LogP contribution >= 0.6 is 11.8 Å². The summed E-state index contributed by atoms with van der Waals surface area (Å²) < 4.78 is 4.91. The Morgan fingerprint density at radius 2 is 2.00 bits per heavy atom. The van der Waals surface area contributed by atoms with Gasteiger partial charge >= 0.3 is 0 Å². The van der Waals surface area contributed by atoms with Gasteiger partial charge in [0.15, 0.2) is 0 Å². The zero-order valence-electron chi connectivity index (χ0n) is 9.11. The average Bonchev–Trinajstić information content (AvgIpc) is 2.29. The predicted molar refractivity (Wildman–Crippen MR) is 63.3 cm³/mol. The summed E-state index contributed by atoms with van der Waals surface area (Å²) in [7, 11) is 1.51. The summed E-state index contributed by atoms with van der Waals surface area (Å²) in [6.45, 7) is 1.71. The molecule has 82 valence electrons. The Morgan fingerprint density at radius 3 is 2.47 bits per heavy atom. The number of carbonyl (C=O) groups is 1. The van der Waals surface area contributed by atoms with E-state index < -0.39 is 6.10 Å². The number of hydrogen-bond acceptors (Lipinski definition) is 3. The Labute approximate surface area is 94.2 Å². The van der Waals surface area contributed by atoms with Crippen molar-refractivity contribution in [3.63, 3.8) is 0 Å². The van der Waals surface area contributed by atoms with Gasteiger partial charge in [0.2, 0.25) is 0 Å². The van der Waals surface area contributed by atoms with Gasteiger partial charge in [0, 0.05) is 17.7 Å². The molecule has 0 aromatic heterocycles. The maximum Gasteiger partial charge on any atom is 0.253 e. The molecule has 0 aliphatic heterocycles. The molecule has 4 heteroatoms. The molecular formula is C11H15NO2S. The zero-order chi connectivity index (χ0) is 11.3. The summed E-state index contributed by atoms with van der Waals surface area (Å²) in [6.07, 6.45) is 1.59. The third-order valence-electron chi connectivity index (χ3n) is 2.08. The minimum absolute atomic E-state index is 0.130. The van der Waals surface area contributed by atoms with Gasteiger partial charge in [-0.25, -0.2) is 0 Å². The smallest absolute Gasteiger partial charge is 0.253 e. The number of anilines is 1. The van der Waals surface area contributed by atoms with Crippen molar-refractivity contribution in [1.82, 2.24) is 0 Å². The third kappa shape index (κ3) is 3.57. The lowest BCUT2D eigenvalue weighted by Crippen LogP contribution is -2.26. The second-order valence-corrected chi connectivity index (χ2v) is 3.98. The van der Waals surface area contributed by atoms with E-state index in [1.165, 1.54) is 12.0 Å². The van der Waals surface area contributed by atoms with E-state index >= 15 is 0 Å². The first-order valence-electron chi connectivity index (χ1n) is 4.65. The van der Waals surface area contributed by atoms with Gasteiger partial charge < -0.3 is 10.1 Å². The standard InChI is InChI=1S/C11H15NO2S/c1-8(14-2)11(13)12-9-4-6-10(15-3)7-5-9/h4-8H,1-3H3,(H,12,13). The van der Waals surface area contributed by atoms with E-state index in [0.29, 0.717) is 0 Å². The molecule has 3 nitrogen and oxygen atoms in total. The van der Waals surface area contributed by atoms with Gasteiger partial charge in [-0.05, 0) is 37.4 Å². The first-order valence-corrected chi connectivity index (χ1v) is 5.87. The molecule has 1 rings (SSSR count). The summed E-state index contributed by atoms with van der Waals surface area (Å²) in [5.74, 6) is -0.130. The van der Waals surface area contributed by atoms with Crippen LogP contribution in [0.1, 0.15) is 6.92 Å². The van der Waals surface area contributed by atoms with Crippen LogP contribution in [0.2, 0.25) is 0 Å². The largest absolute Gasteiger partial charge is 0.372 e. The van der Waals surface area contributed by atoms with Gasteiger partial charge in [-0.1, -0.05) is 0 Å². The van der Waals surface area contributed by atoms with Crippen LogP contribution in [-0.2, 0) is 9.53 Å². The number of hydrogen-bond donors (Lipinski definition) is 1. The second kappa shape index (κ2) is 5.78. The van der Waals surface area contributed by atoms with E-state index in [0.717, 1.165) is 5.69 Å². The summed E-state index contributed by atoms with van der Waals surface area (Å²) >= 11 is 1.67. The number of benzene rings is 1. The highest BCUT2D eigenvalue weighted by Crippen LogP contribution is 2.17. The molecule has 1 amide bonds. The van der Waals surface area contributed by atoms with Crippen LogP contribution in [0.25, 0.3) is 0 Å². The molecule has 0 saturated heterocycles. The van der Waals surface area contributed by atoms with Gasteiger partial charge in [-0.3, -0.25) is 4.79 Å². The van der Waals surface area contributed by atoms with Crippen molar-refractivity contribution in [1.29, 1.82) is 0 Å². The molecule has 0 radical (unpaired) electrons. The van der Waals surface area contributed by atoms with Gasteiger partial charge in [-0.15, -0.1) is 11.8 Å². The third-order valence-corrected chi connectivity index (χ3v) is 2.82. The van der Waals surface area contributed by atoms with E-state index in [1.54, 1.807) is 18.7 Å². The lowest BCUT2D eigenvalue weighted by molar-refractivity contribution is -0.124. The molecule has 0 fully saturated rings. The van der Waals surface area contributed by atoms with Crippen LogP contribution in [0.15, 0.2) is 29.2 Å². The minimum atomic E-state index is -0.426. The highest BCUT2D eigenvalue weighted by molar-refractivity contribution is 7.98. The summed E-state index contributed by atoms with van der Waals surface area (Å²) in [5, 5.41) is 2.77. The van der Waals surface area contributed by atoms with Crippen LogP contribution < -0.4 is 5.32 Å². The van der Waals surface area contributed by atoms with Crippen LogP contribution in [0.5, 0.6) is 0 Å². The van der Waals surface area contributed by atoms with E-state index in [9.17, 15) is 4.79 Å². The lowest BCUT2D eigenvalue weighted by atomic mass is 10.3. The van der Waals surface area contributed by atoms with E-state index in [4.69, 9.17) is 4.74 Å². The Kier molecular flexibility index (Phi) is 4.65. The highest BCUT2D eigenvalue weighted by atomic mass is 32.2. The topological polar surface area (TPSA) is 38.3 Å². The van der Waals surface area contributed by atoms with Crippen molar-refractivity contribution < 1.29 is 9.53 Å². The summed E-state index contributed by atoms with van der Waals surface area (Å²) in [6, 6.07) is 7.70. The number of carbonyl (C=O) groups excluding carboxylic acids is 1. The fourth-order valence-corrected chi connectivity index (χ4v) is 1.43. The number of methoxy groups -OCH3 is 1. The second-order valence-electron chi connectivity index (χ2n) is 3.10. The van der Waals surface area contributed by atoms with E-state index in [2.05, 4.69) is 5.32 Å². The number of thioether (sulfide) groups is 1. The molecule has 0 spiro atoms. The summed E-state index contributed by atoms with van der Waals surface area (Å²) in [5.41, 5.74) is 0.793. The monoisotopic (exact) mass is 225 g/mol. The lowest BCUT2D eigenvalue weighted by Gasteiger charge is -2.10. The molecule has 0 aliphatic carbocycles. The van der Waals surface area contributed by atoms with Crippen molar-refractivity contribution in [3.8, 4) is 0 Å². The quantitative estimate of drug-likeness (QED) is 0.800. The van der Waals surface area contributed by atoms with Crippen molar-refractivity contribution in [3.05, 3.63) is 24.3 Å². The first kappa shape index (κ1) is 12.1. The van der Waals surface area contributed by atoms with Gasteiger partial charge in [0.05, 0.1) is 0 Å². The number of ether oxygens (including phenoxy) is 1. The van der Waals surface area contributed by atoms with Crippen LogP contribution in [0.4, 0.5) is 5.69 Å². The Balaban J connectivity index is 2.61. The van der Waals surface area contributed by atoms with Crippen molar-refractivity contribution in [2.75, 3.05) is 18.7 Å². The van der Waals surface area contributed by atoms with Gasteiger partial charge in [-0.2, -0.15) is 0 Å². The van der Waals surface area contributed by atoms with Gasteiger partial charge in [0.1, 0.15) is 6.10 Å². The van der Waals surface area contributed by atoms with Crippen LogP contribution in [0, 0.1) is 0 Å². The molecule has 0 saturated carbocycles. The molecule has 0 bridgehead atoms. The number of nitrogens with one attached hydrogen (secondary N) is 1. The molecule has 1 N–H and O–H groups in total. The van der Waals surface area contributed by atoms with Crippen molar-refractivity contribution in [2.24, 2.45) is 0 Å². The van der Waals surface area contributed by atoms with Gasteiger partial charge in [0.25, 0.3) is 5.91 Å². The minimum Gasteiger partial charge on any atom is -0.372 e. The number of amides is 1. The molecule has 1 aromatic rings. The maximum absolute atomic E-state index is 11.5. The van der Waals surface area contributed by atoms with E-state index in [1.807, 2.05) is 30.5 Å². The maximum atomic E-state index is 11.5. The molecule has 1 unspecified atom stereocenters.